The molecule has 0 spiro atoms. The number of anilines is 1. The molecule has 0 radical (unpaired) electrons. The van der Waals surface area contributed by atoms with Crippen molar-refractivity contribution in [3.8, 4) is 11.5 Å². The molecule has 1 saturated heterocycles. The number of hydrogen-bond donors (Lipinski definition) is 1. The Labute approximate surface area is 149 Å². The van der Waals surface area contributed by atoms with E-state index in [2.05, 4.69) is 17.1 Å². The number of benzene rings is 1. The Balaban J connectivity index is 1.96. The van der Waals surface area contributed by atoms with Crippen LogP contribution in [0.25, 0.3) is 0 Å². The van der Waals surface area contributed by atoms with E-state index in [0.717, 1.165) is 19.5 Å². The summed E-state index contributed by atoms with van der Waals surface area (Å²) in [5.74, 6) is 1.01. The van der Waals surface area contributed by atoms with Gasteiger partial charge >= 0.3 is 0 Å². The van der Waals surface area contributed by atoms with Gasteiger partial charge in [-0.05, 0) is 25.8 Å². The van der Waals surface area contributed by atoms with Gasteiger partial charge in [0.2, 0.25) is 5.91 Å². The molecule has 1 aromatic carbocycles. The highest BCUT2D eigenvalue weighted by Crippen LogP contribution is 2.35. The number of hydrogen-bond acceptors (Lipinski definition) is 4. The average Bonchev–Trinajstić information content (AvgIpc) is 2.61. The zero-order chi connectivity index (χ0) is 17.5. The molecule has 1 amide bonds. The van der Waals surface area contributed by atoms with Crippen molar-refractivity contribution in [3.05, 3.63) is 17.2 Å². The Morgan fingerprint density at radius 2 is 2.04 bits per heavy atom. The van der Waals surface area contributed by atoms with E-state index in [0.29, 0.717) is 34.7 Å². The average molecular weight is 355 g/mol. The maximum atomic E-state index is 12.3. The van der Waals surface area contributed by atoms with Gasteiger partial charge in [-0.1, -0.05) is 24.9 Å². The quantitative estimate of drug-likeness (QED) is 0.805. The molecule has 1 aliphatic rings. The Hall–Kier alpha value is -1.46. The molecule has 1 N–H and O–H groups in total. The first kappa shape index (κ1) is 18.9. The zero-order valence-corrected chi connectivity index (χ0v) is 15.5. The Morgan fingerprint density at radius 3 is 2.71 bits per heavy atom. The van der Waals surface area contributed by atoms with Gasteiger partial charge in [0.25, 0.3) is 0 Å². The van der Waals surface area contributed by atoms with Gasteiger partial charge in [-0.15, -0.1) is 0 Å². The number of piperidine rings is 1. The van der Waals surface area contributed by atoms with Crippen LogP contribution in [0.5, 0.6) is 11.5 Å². The summed E-state index contributed by atoms with van der Waals surface area (Å²) in [7, 11) is 3.09. The van der Waals surface area contributed by atoms with Gasteiger partial charge in [0.05, 0.1) is 24.9 Å². The van der Waals surface area contributed by atoms with Crippen LogP contribution in [-0.4, -0.2) is 44.2 Å². The first-order valence-electron chi connectivity index (χ1n) is 8.54. The predicted octanol–water partition coefficient (Wildman–Crippen LogP) is 3.95. The molecule has 1 unspecified atom stereocenters. The molecule has 1 aromatic rings. The van der Waals surface area contributed by atoms with Crippen molar-refractivity contribution in [1.82, 2.24) is 4.90 Å². The van der Waals surface area contributed by atoms with Crippen LogP contribution in [0.15, 0.2) is 12.1 Å². The third-order valence-corrected chi connectivity index (χ3v) is 4.89. The SMILES string of the molecule is CCC1CCCCN1CCC(=O)Nc1cc(OC)c(Cl)cc1OC. The number of carbonyl (C=O) groups is 1. The summed E-state index contributed by atoms with van der Waals surface area (Å²) < 4.78 is 10.5. The lowest BCUT2D eigenvalue weighted by Crippen LogP contribution is -2.40. The summed E-state index contributed by atoms with van der Waals surface area (Å²) in [6.45, 7) is 4.09. The van der Waals surface area contributed by atoms with Crippen molar-refractivity contribution in [2.24, 2.45) is 0 Å². The fourth-order valence-electron chi connectivity index (χ4n) is 3.23. The molecule has 1 heterocycles. The number of likely N-dealkylation sites (tertiary alicyclic amines) is 1. The van der Waals surface area contributed by atoms with Gasteiger partial charge in [-0.3, -0.25) is 9.69 Å². The van der Waals surface area contributed by atoms with Crippen LogP contribution < -0.4 is 14.8 Å². The van der Waals surface area contributed by atoms with Crippen LogP contribution >= 0.6 is 11.6 Å². The van der Waals surface area contributed by atoms with Gasteiger partial charge in [-0.2, -0.15) is 0 Å². The fraction of sp³-hybridized carbons (Fsp3) is 0.611. The third kappa shape index (κ3) is 4.77. The number of carbonyl (C=O) groups excluding carboxylic acids is 1. The zero-order valence-electron chi connectivity index (χ0n) is 14.7. The van der Waals surface area contributed by atoms with Gasteiger partial charge in [0.1, 0.15) is 11.5 Å². The highest BCUT2D eigenvalue weighted by Gasteiger charge is 2.21. The molecule has 134 valence electrons. The van der Waals surface area contributed by atoms with Crippen molar-refractivity contribution in [1.29, 1.82) is 0 Å². The number of nitrogens with one attached hydrogen (secondary N) is 1. The second kappa shape index (κ2) is 9.14. The molecule has 0 aromatic heterocycles. The van der Waals surface area contributed by atoms with Crippen LogP contribution in [0, 0.1) is 0 Å². The van der Waals surface area contributed by atoms with Crippen LogP contribution in [0.3, 0.4) is 0 Å². The van der Waals surface area contributed by atoms with Crippen molar-refractivity contribution in [2.75, 3.05) is 32.6 Å². The molecule has 0 saturated carbocycles. The van der Waals surface area contributed by atoms with Crippen molar-refractivity contribution < 1.29 is 14.3 Å². The van der Waals surface area contributed by atoms with Gasteiger partial charge < -0.3 is 14.8 Å². The van der Waals surface area contributed by atoms with Crippen LogP contribution in [0.4, 0.5) is 5.69 Å². The molecule has 1 fully saturated rings. The monoisotopic (exact) mass is 354 g/mol. The lowest BCUT2D eigenvalue weighted by atomic mass is 10.00. The molecule has 24 heavy (non-hydrogen) atoms. The summed E-state index contributed by atoms with van der Waals surface area (Å²) >= 11 is 6.09. The predicted molar refractivity (Wildman–Crippen MR) is 97.3 cm³/mol. The maximum Gasteiger partial charge on any atom is 0.225 e. The minimum Gasteiger partial charge on any atom is -0.495 e. The number of ether oxygens (including phenoxy) is 2. The van der Waals surface area contributed by atoms with E-state index in [-0.39, 0.29) is 5.91 Å². The highest BCUT2D eigenvalue weighted by molar-refractivity contribution is 6.32. The van der Waals surface area contributed by atoms with E-state index in [1.165, 1.54) is 19.3 Å². The van der Waals surface area contributed by atoms with E-state index in [9.17, 15) is 4.79 Å². The Morgan fingerprint density at radius 1 is 1.29 bits per heavy atom. The maximum absolute atomic E-state index is 12.3. The standard InChI is InChI=1S/C18H27ClN2O3/c1-4-13-7-5-6-9-21(13)10-8-18(22)20-15-12-16(23-2)14(19)11-17(15)24-3/h11-13H,4-10H2,1-3H3,(H,20,22). The minimum atomic E-state index is -0.0295. The molecule has 0 bridgehead atoms. The van der Waals surface area contributed by atoms with Gasteiger partial charge in [0, 0.05) is 31.1 Å². The number of halogens is 1. The van der Waals surface area contributed by atoms with Crippen molar-refractivity contribution in [2.45, 2.75) is 45.1 Å². The summed E-state index contributed by atoms with van der Waals surface area (Å²) in [4.78, 5) is 14.8. The topological polar surface area (TPSA) is 50.8 Å². The van der Waals surface area contributed by atoms with E-state index >= 15 is 0 Å². The van der Waals surface area contributed by atoms with Crippen LogP contribution in [-0.2, 0) is 4.79 Å². The molecule has 0 aliphatic carbocycles. The fourth-order valence-corrected chi connectivity index (χ4v) is 3.46. The summed E-state index contributed by atoms with van der Waals surface area (Å²) in [6, 6.07) is 3.94. The van der Waals surface area contributed by atoms with Gasteiger partial charge in [0.15, 0.2) is 0 Å². The summed E-state index contributed by atoms with van der Waals surface area (Å²) in [5.41, 5.74) is 0.578. The number of amides is 1. The lowest BCUT2D eigenvalue weighted by Gasteiger charge is -2.35. The lowest BCUT2D eigenvalue weighted by molar-refractivity contribution is -0.116. The van der Waals surface area contributed by atoms with Crippen molar-refractivity contribution in [3.63, 3.8) is 0 Å². The first-order valence-corrected chi connectivity index (χ1v) is 8.92. The molecule has 1 aliphatic heterocycles. The van der Waals surface area contributed by atoms with E-state index in [1.807, 2.05) is 0 Å². The number of rotatable bonds is 7. The first-order chi connectivity index (χ1) is 11.6. The van der Waals surface area contributed by atoms with E-state index in [4.69, 9.17) is 21.1 Å². The second-order valence-electron chi connectivity index (χ2n) is 6.08. The van der Waals surface area contributed by atoms with Crippen molar-refractivity contribution >= 4 is 23.2 Å². The summed E-state index contributed by atoms with van der Waals surface area (Å²) in [5, 5.41) is 3.36. The van der Waals surface area contributed by atoms with E-state index < -0.39 is 0 Å². The third-order valence-electron chi connectivity index (χ3n) is 4.59. The molecule has 5 nitrogen and oxygen atoms in total. The number of methoxy groups -OCH3 is 2. The second-order valence-corrected chi connectivity index (χ2v) is 6.49. The minimum absolute atomic E-state index is 0.0295. The molecule has 6 heteroatoms. The number of nitrogens with zero attached hydrogens (tertiary/aromatic N) is 1. The molecular formula is C18H27ClN2O3. The highest BCUT2D eigenvalue weighted by atomic mass is 35.5. The Kier molecular flexibility index (Phi) is 7.18. The van der Waals surface area contributed by atoms with Crippen LogP contribution in [0.2, 0.25) is 5.02 Å². The largest absolute Gasteiger partial charge is 0.495 e. The van der Waals surface area contributed by atoms with E-state index in [1.54, 1.807) is 26.4 Å². The van der Waals surface area contributed by atoms with Crippen LogP contribution in [0.1, 0.15) is 39.0 Å². The Bertz CT molecular complexity index is 565. The van der Waals surface area contributed by atoms with Gasteiger partial charge in [-0.25, -0.2) is 0 Å². The molecule has 2 rings (SSSR count). The molecule has 1 atom stereocenters. The smallest absolute Gasteiger partial charge is 0.225 e. The molecular weight excluding hydrogens is 328 g/mol. The normalized spacial score (nSPS) is 18.2. The summed E-state index contributed by atoms with van der Waals surface area (Å²) in [6.07, 6.45) is 5.36.